The second-order valence-corrected chi connectivity index (χ2v) is 6.87. The molecule has 0 radical (unpaired) electrons. The van der Waals surface area contributed by atoms with Crippen molar-refractivity contribution in [3.63, 3.8) is 0 Å². The Kier molecular flexibility index (Phi) is 3.13. The normalized spacial score (nSPS) is 27.0. The molecular weight excluding hydrogens is 252 g/mol. The summed E-state index contributed by atoms with van der Waals surface area (Å²) in [5, 5.41) is 0.203. The summed E-state index contributed by atoms with van der Waals surface area (Å²) < 4.78 is 26.5. The fraction of sp³-hybridized carbons (Fsp3) is 0.727. The summed E-state index contributed by atoms with van der Waals surface area (Å²) in [6.45, 7) is 3.35. The van der Waals surface area contributed by atoms with Crippen LogP contribution in [0.5, 0.6) is 0 Å². The van der Waals surface area contributed by atoms with Gasteiger partial charge in [-0.2, -0.15) is 4.31 Å². The first kappa shape index (κ1) is 12.1. The maximum absolute atomic E-state index is 12.4. The molecule has 2 saturated heterocycles. The van der Waals surface area contributed by atoms with Crippen LogP contribution in [0.15, 0.2) is 17.6 Å². The van der Waals surface area contributed by atoms with Gasteiger partial charge in [-0.05, 0) is 32.4 Å². The van der Waals surface area contributed by atoms with Crippen molar-refractivity contribution in [1.29, 1.82) is 0 Å². The molecule has 2 fully saturated rings. The number of hydrogen-bond donors (Lipinski definition) is 1. The Hall–Kier alpha value is -0.920. The molecule has 6 nitrogen and oxygen atoms in total. The standard InChI is InChI=1S/C11H18N4O2S/c16-18(17,11-7-12-9-13-11)15-6-2-5-14-4-1-3-10(14)8-15/h7,9-10H,1-6,8H2,(H,12,13). The van der Waals surface area contributed by atoms with Crippen molar-refractivity contribution < 1.29 is 8.42 Å². The molecule has 7 heteroatoms. The number of fused-ring (bicyclic) bond motifs is 1. The van der Waals surface area contributed by atoms with Crippen LogP contribution in [0.4, 0.5) is 0 Å². The van der Waals surface area contributed by atoms with Gasteiger partial charge in [0.05, 0.1) is 12.5 Å². The Morgan fingerprint density at radius 2 is 2.11 bits per heavy atom. The molecule has 0 bridgehead atoms. The van der Waals surface area contributed by atoms with Crippen molar-refractivity contribution in [2.24, 2.45) is 0 Å². The van der Waals surface area contributed by atoms with Gasteiger partial charge in [-0.3, -0.25) is 4.90 Å². The van der Waals surface area contributed by atoms with Crippen molar-refractivity contribution >= 4 is 10.0 Å². The highest BCUT2D eigenvalue weighted by atomic mass is 32.2. The second kappa shape index (κ2) is 4.64. The summed E-state index contributed by atoms with van der Waals surface area (Å²) in [5.74, 6) is 0. The van der Waals surface area contributed by atoms with Crippen LogP contribution in [0.3, 0.4) is 0 Å². The molecule has 1 atom stereocenters. The molecule has 3 rings (SSSR count). The lowest BCUT2D eigenvalue weighted by Crippen LogP contribution is -2.39. The minimum Gasteiger partial charge on any atom is -0.335 e. The number of imidazole rings is 1. The van der Waals surface area contributed by atoms with Crippen molar-refractivity contribution in [2.45, 2.75) is 30.3 Å². The molecule has 1 aromatic heterocycles. The van der Waals surface area contributed by atoms with Gasteiger partial charge >= 0.3 is 0 Å². The Morgan fingerprint density at radius 1 is 1.28 bits per heavy atom. The number of aromatic nitrogens is 2. The smallest absolute Gasteiger partial charge is 0.260 e. The molecule has 100 valence electrons. The van der Waals surface area contributed by atoms with Gasteiger partial charge in [-0.1, -0.05) is 0 Å². The lowest BCUT2D eigenvalue weighted by molar-refractivity contribution is 0.257. The molecule has 18 heavy (non-hydrogen) atoms. The molecule has 3 heterocycles. The number of hydrogen-bond acceptors (Lipinski definition) is 4. The van der Waals surface area contributed by atoms with E-state index < -0.39 is 10.0 Å². The molecule has 0 amide bonds. The number of H-pyrrole nitrogens is 1. The number of sulfonamides is 1. The summed E-state index contributed by atoms with van der Waals surface area (Å²) in [7, 11) is -3.39. The lowest BCUT2D eigenvalue weighted by atomic mass is 10.2. The van der Waals surface area contributed by atoms with Crippen LogP contribution in [-0.4, -0.2) is 59.8 Å². The van der Waals surface area contributed by atoms with Gasteiger partial charge in [0.25, 0.3) is 10.0 Å². The predicted octanol–water partition coefficient (Wildman–Crippen LogP) is 0.269. The molecule has 2 aliphatic rings. The van der Waals surface area contributed by atoms with Crippen molar-refractivity contribution in [3.8, 4) is 0 Å². The first-order chi connectivity index (χ1) is 8.68. The van der Waals surface area contributed by atoms with Crippen molar-refractivity contribution in [1.82, 2.24) is 19.2 Å². The highest BCUT2D eigenvalue weighted by Gasteiger charge is 2.34. The first-order valence-electron chi connectivity index (χ1n) is 6.40. The molecule has 1 aromatic rings. The van der Waals surface area contributed by atoms with E-state index >= 15 is 0 Å². The molecular formula is C11H18N4O2S. The van der Waals surface area contributed by atoms with Crippen molar-refractivity contribution in [3.05, 3.63) is 12.5 Å². The van der Waals surface area contributed by atoms with E-state index in [4.69, 9.17) is 0 Å². The summed E-state index contributed by atoms with van der Waals surface area (Å²) >= 11 is 0. The predicted molar refractivity (Wildman–Crippen MR) is 66.6 cm³/mol. The topological polar surface area (TPSA) is 69.3 Å². The van der Waals surface area contributed by atoms with E-state index in [-0.39, 0.29) is 5.03 Å². The molecule has 1 N–H and O–H groups in total. The fourth-order valence-corrected chi connectivity index (χ4v) is 4.33. The summed E-state index contributed by atoms with van der Waals surface area (Å²) in [6.07, 6.45) is 5.99. The van der Waals surface area contributed by atoms with Crippen LogP contribution in [0.2, 0.25) is 0 Å². The van der Waals surface area contributed by atoms with E-state index in [1.807, 2.05) is 0 Å². The highest BCUT2D eigenvalue weighted by Crippen LogP contribution is 2.24. The third-order valence-corrected chi connectivity index (χ3v) is 5.65. The quantitative estimate of drug-likeness (QED) is 0.837. The van der Waals surface area contributed by atoms with Crippen LogP contribution in [0.25, 0.3) is 0 Å². The van der Waals surface area contributed by atoms with Crippen LogP contribution >= 0.6 is 0 Å². The third kappa shape index (κ3) is 2.06. The average molecular weight is 270 g/mol. The summed E-state index contributed by atoms with van der Waals surface area (Å²) in [6, 6.07) is 0.394. The molecule has 1 unspecified atom stereocenters. The third-order valence-electron chi connectivity index (χ3n) is 3.86. The molecule has 0 spiro atoms. The Balaban J connectivity index is 1.83. The maximum Gasteiger partial charge on any atom is 0.260 e. The van der Waals surface area contributed by atoms with E-state index in [1.54, 1.807) is 4.31 Å². The maximum atomic E-state index is 12.4. The molecule has 0 aromatic carbocycles. The summed E-state index contributed by atoms with van der Waals surface area (Å²) in [5.41, 5.74) is 0. The fourth-order valence-electron chi connectivity index (χ4n) is 2.91. The summed E-state index contributed by atoms with van der Waals surface area (Å²) in [4.78, 5) is 8.92. The zero-order valence-electron chi connectivity index (χ0n) is 10.2. The zero-order valence-corrected chi connectivity index (χ0v) is 11.1. The number of nitrogens with one attached hydrogen (secondary N) is 1. The van der Waals surface area contributed by atoms with E-state index in [9.17, 15) is 8.42 Å². The van der Waals surface area contributed by atoms with Gasteiger partial charge in [0, 0.05) is 19.1 Å². The van der Waals surface area contributed by atoms with Crippen molar-refractivity contribution in [2.75, 3.05) is 26.2 Å². The number of rotatable bonds is 2. The zero-order chi connectivity index (χ0) is 12.6. The van der Waals surface area contributed by atoms with Crippen LogP contribution in [-0.2, 0) is 10.0 Å². The first-order valence-corrected chi connectivity index (χ1v) is 7.84. The Morgan fingerprint density at radius 3 is 2.89 bits per heavy atom. The number of nitrogens with zero attached hydrogens (tertiary/aromatic N) is 3. The number of aromatic amines is 1. The Labute approximate surface area is 107 Å². The van der Waals surface area contributed by atoms with Gasteiger partial charge in [0.15, 0.2) is 5.03 Å². The minimum atomic E-state index is -3.39. The van der Waals surface area contributed by atoms with Crippen LogP contribution < -0.4 is 0 Å². The lowest BCUT2D eigenvalue weighted by Gasteiger charge is -2.24. The van der Waals surface area contributed by atoms with Gasteiger partial charge in [-0.25, -0.2) is 13.4 Å². The Bertz CT molecular complexity index is 499. The van der Waals surface area contributed by atoms with Gasteiger partial charge in [0.2, 0.25) is 0 Å². The molecule has 0 saturated carbocycles. The molecule has 0 aliphatic carbocycles. The molecule has 2 aliphatic heterocycles. The largest absolute Gasteiger partial charge is 0.335 e. The van der Waals surface area contributed by atoms with Gasteiger partial charge in [0.1, 0.15) is 0 Å². The second-order valence-electron chi connectivity index (χ2n) is 4.96. The van der Waals surface area contributed by atoms with E-state index in [1.165, 1.54) is 18.9 Å². The van der Waals surface area contributed by atoms with E-state index in [0.29, 0.717) is 19.1 Å². The van der Waals surface area contributed by atoms with E-state index in [0.717, 1.165) is 25.9 Å². The van der Waals surface area contributed by atoms with Gasteiger partial charge in [-0.15, -0.1) is 0 Å². The van der Waals surface area contributed by atoms with Crippen LogP contribution in [0.1, 0.15) is 19.3 Å². The van der Waals surface area contributed by atoms with Gasteiger partial charge < -0.3 is 4.98 Å². The average Bonchev–Trinajstić information content (AvgIpc) is 2.97. The SMILES string of the molecule is O=S(=O)(c1cnc[nH]1)N1CCCN2CCCC2C1. The van der Waals surface area contributed by atoms with Crippen LogP contribution in [0, 0.1) is 0 Å². The highest BCUT2D eigenvalue weighted by molar-refractivity contribution is 7.89. The monoisotopic (exact) mass is 270 g/mol. The minimum absolute atomic E-state index is 0.203. The van der Waals surface area contributed by atoms with E-state index in [2.05, 4.69) is 14.9 Å².